The van der Waals surface area contributed by atoms with Crippen molar-refractivity contribution in [2.24, 2.45) is 0 Å². The van der Waals surface area contributed by atoms with Gasteiger partial charge in [-0.2, -0.15) is 0 Å². The van der Waals surface area contributed by atoms with Gasteiger partial charge in [-0.1, -0.05) is 36.4 Å². The summed E-state index contributed by atoms with van der Waals surface area (Å²) >= 11 is 0. The molecule has 2 atom stereocenters. The second kappa shape index (κ2) is 5.27. The van der Waals surface area contributed by atoms with E-state index in [4.69, 9.17) is 0 Å². The molecule has 1 heterocycles. The highest BCUT2D eigenvalue weighted by atomic mass is 19.1. The van der Waals surface area contributed by atoms with Crippen LogP contribution in [0.4, 0.5) is 4.39 Å². The highest BCUT2D eigenvalue weighted by Crippen LogP contribution is 2.20. The van der Waals surface area contributed by atoms with Gasteiger partial charge in [-0.15, -0.1) is 0 Å². The lowest BCUT2D eigenvalue weighted by Crippen LogP contribution is -2.44. The maximum atomic E-state index is 13.5. The van der Waals surface area contributed by atoms with Crippen LogP contribution in [0, 0.1) is 0 Å². The van der Waals surface area contributed by atoms with Crippen molar-refractivity contribution < 1.29 is 9.50 Å². The third-order valence-electron chi connectivity index (χ3n) is 3.81. The van der Waals surface area contributed by atoms with Gasteiger partial charge in [0.15, 0.2) is 0 Å². The Bertz CT molecular complexity index is 571. The first-order chi connectivity index (χ1) is 9.22. The lowest BCUT2D eigenvalue weighted by atomic mass is 10.0. The van der Waals surface area contributed by atoms with Crippen LogP contribution in [0.25, 0.3) is 10.8 Å². The fraction of sp³-hybridized carbons (Fsp3) is 0.375. The molecule has 1 fully saturated rings. The minimum Gasteiger partial charge on any atom is -0.390 e. The summed E-state index contributed by atoms with van der Waals surface area (Å²) in [6.07, 6.45) is -1.38. The molecule has 2 aromatic rings. The van der Waals surface area contributed by atoms with Gasteiger partial charge >= 0.3 is 0 Å². The Kier molecular flexibility index (Phi) is 3.49. The monoisotopic (exact) mass is 259 g/mol. The molecule has 0 radical (unpaired) electrons. The van der Waals surface area contributed by atoms with Gasteiger partial charge < -0.3 is 5.11 Å². The normalized spacial score (nSPS) is 24.7. The Hall–Kier alpha value is -1.45. The van der Waals surface area contributed by atoms with Crippen LogP contribution in [-0.4, -0.2) is 35.4 Å². The molecule has 100 valence electrons. The summed E-state index contributed by atoms with van der Waals surface area (Å²) < 4.78 is 13.5. The number of alkyl halides is 1. The van der Waals surface area contributed by atoms with E-state index >= 15 is 0 Å². The quantitative estimate of drug-likeness (QED) is 0.896. The number of likely N-dealkylation sites (tertiary alicyclic amines) is 1. The fourth-order valence-electron chi connectivity index (χ4n) is 2.69. The van der Waals surface area contributed by atoms with Crippen LogP contribution in [0.3, 0.4) is 0 Å². The van der Waals surface area contributed by atoms with E-state index in [0.29, 0.717) is 13.0 Å². The molecule has 0 bridgehead atoms. The predicted octanol–water partition coefficient (Wildman–Crippen LogP) is 2.74. The molecule has 2 unspecified atom stereocenters. The first-order valence-electron chi connectivity index (χ1n) is 6.74. The van der Waals surface area contributed by atoms with Gasteiger partial charge in [0.1, 0.15) is 6.17 Å². The Morgan fingerprint density at radius 3 is 2.74 bits per heavy atom. The molecular formula is C16H18FNO. The van der Waals surface area contributed by atoms with E-state index in [0.717, 1.165) is 13.1 Å². The minimum absolute atomic E-state index is 0.327. The maximum Gasteiger partial charge on any atom is 0.139 e. The second-order valence-electron chi connectivity index (χ2n) is 5.29. The van der Waals surface area contributed by atoms with Gasteiger partial charge in [0, 0.05) is 19.6 Å². The molecule has 0 spiro atoms. The van der Waals surface area contributed by atoms with E-state index in [-0.39, 0.29) is 0 Å². The summed E-state index contributed by atoms with van der Waals surface area (Å²) in [5.41, 5.74) is 1.20. The van der Waals surface area contributed by atoms with E-state index in [9.17, 15) is 9.50 Å². The molecule has 0 amide bonds. The van der Waals surface area contributed by atoms with Crippen molar-refractivity contribution >= 4 is 10.8 Å². The fourth-order valence-corrected chi connectivity index (χ4v) is 2.69. The van der Waals surface area contributed by atoms with Crippen LogP contribution in [0.2, 0.25) is 0 Å². The van der Waals surface area contributed by atoms with Gasteiger partial charge in [0.05, 0.1) is 6.10 Å². The molecule has 2 nitrogen and oxygen atoms in total. The molecule has 1 aliphatic heterocycles. The largest absolute Gasteiger partial charge is 0.390 e. The van der Waals surface area contributed by atoms with Crippen LogP contribution in [-0.2, 0) is 6.54 Å². The molecule has 1 saturated heterocycles. The number of fused-ring (bicyclic) bond motifs is 1. The van der Waals surface area contributed by atoms with Crippen molar-refractivity contribution in [1.82, 2.24) is 4.90 Å². The summed E-state index contributed by atoms with van der Waals surface area (Å²) in [5, 5.41) is 11.8. The number of benzene rings is 2. The second-order valence-corrected chi connectivity index (χ2v) is 5.29. The molecule has 0 aliphatic carbocycles. The number of aliphatic hydroxyl groups excluding tert-OH is 1. The molecule has 0 saturated carbocycles. The average molecular weight is 259 g/mol. The molecule has 1 N–H and O–H groups in total. The molecular weight excluding hydrogens is 241 g/mol. The lowest BCUT2D eigenvalue weighted by Gasteiger charge is -2.32. The zero-order chi connectivity index (χ0) is 13.2. The molecule has 3 heteroatoms. The van der Waals surface area contributed by atoms with E-state index < -0.39 is 12.3 Å². The Morgan fingerprint density at radius 2 is 1.95 bits per heavy atom. The summed E-state index contributed by atoms with van der Waals surface area (Å²) in [7, 11) is 0. The van der Waals surface area contributed by atoms with Gasteiger partial charge in [0.2, 0.25) is 0 Å². The summed E-state index contributed by atoms with van der Waals surface area (Å²) in [6, 6.07) is 14.6. The number of nitrogens with zero attached hydrogens (tertiary/aromatic N) is 1. The smallest absolute Gasteiger partial charge is 0.139 e. The highest BCUT2D eigenvalue weighted by molar-refractivity contribution is 5.82. The Morgan fingerprint density at radius 1 is 1.16 bits per heavy atom. The van der Waals surface area contributed by atoms with E-state index in [2.05, 4.69) is 35.2 Å². The van der Waals surface area contributed by atoms with Crippen molar-refractivity contribution in [2.75, 3.05) is 13.1 Å². The predicted molar refractivity (Wildman–Crippen MR) is 74.7 cm³/mol. The number of rotatable bonds is 2. The van der Waals surface area contributed by atoms with Crippen molar-refractivity contribution in [1.29, 1.82) is 0 Å². The van der Waals surface area contributed by atoms with Crippen LogP contribution in [0.1, 0.15) is 12.0 Å². The van der Waals surface area contributed by atoms with Crippen molar-refractivity contribution in [3.8, 4) is 0 Å². The number of halogens is 1. The first-order valence-corrected chi connectivity index (χ1v) is 6.74. The molecule has 0 aromatic heterocycles. The SMILES string of the molecule is OC1CCN(Cc2ccc3ccccc3c2)CC1F. The Labute approximate surface area is 112 Å². The van der Waals surface area contributed by atoms with Crippen LogP contribution >= 0.6 is 0 Å². The summed E-state index contributed by atoms with van der Waals surface area (Å²) in [5.74, 6) is 0. The molecule has 1 aliphatic rings. The van der Waals surface area contributed by atoms with Gasteiger partial charge in [-0.05, 0) is 28.8 Å². The molecule has 19 heavy (non-hydrogen) atoms. The van der Waals surface area contributed by atoms with Crippen LogP contribution in [0.15, 0.2) is 42.5 Å². The van der Waals surface area contributed by atoms with Gasteiger partial charge in [0.25, 0.3) is 0 Å². The zero-order valence-corrected chi connectivity index (χ0v) is 10.8. The average Bonchev–Trinajstić information content (AvgIpc) is 2.43. The van der Waals surface area contributed by atoms with E-state index in [1.807, 2.05) is 12.1 Å². The van der Waals surface area contributed by atoms with Gasteiger partial charge in [-0.25, -0.2) is 4.39 Å². The standard InChI is InChI=1S/C16H18FNO/c17-15-11-18(8-7-16(15)19)10-12-5-6-13-3-1-2-4-14(13)9-12/h1-6,9,15-16,19H,7-8,10-11H2. The summed E-state index contributed by atoms with van der Waals surface area (Å²) in [6.45, 7) is 1.83. The number of hydrogen-bond acceptors (Lipinski definition) is 2. The lowest BCUT2D eigenvalue weighted by molar-refractivity contribution is 0.00394. The maximum absolute atomic E-state index is 13.5. The molecule has 3 rings (SSSR count). The number of piperidine rings is 1. The van der Waals surface area contributed by atoms with Crippen LogP contribution in [0.5, 0.6) is 0 Å². The van der Waals surface area contributed by atoms with Gasteiger partial charge in [-0.3, -0.25) is 4.90 Å². The number of aliphatic hydroxyl groups is 1. The van der Waals surface area contributed by atoms with E-state index in [1.54, 1.807) is 0 Å². The summed E-state index contributed by atoms with van der Waals surface area (Å²) in [4.78, 5) is 2.07. The third-order valence-corrected chi connectivity index (χ3v) is 3.81. The topological polar surface area (TPSA) is 23.5 Å². The van der Waals surface area contributed by atoms with Crippen molar-refractivity contribution in [3.05, 3.63) is 48.0 Å². The van der Waals surface area contributed by atoms with Crippen molar-refractivity contribution in [3.63, 3.8) is 0 Å². The zero-order valence-electron chi connectivity index (χ0n) is 10.8. The Balaban J connectivity index is 1.74. The van der Waals surface area contributed by atoms with Crippen molar-refractivity contribution in [2.45, 2.75) is 25.2 Å². The molecule has 2 aromatic carbocycles. The van der Waals surface area contributed by atoms with E-state index in [1.165, 1.54) is 16.3 Å². The minimum atomic E-state index is -1.12. The number of hydrogen-bond donors (Lipinski definition) is 1. The van der Waals surface area contributed by atoms with Crippen LogP contribution < -0.4 is 0 Å². The highest BCUT2D eigenvalue weighted by Gasteiger charge is 2.27. The third kappa shape index (κ3) is 2.77. The first kappa shape index (κ1) is 12.6.